The zero-order valence-electron chi connectivity index (χ0n) is 12.3. The highest BCUT2D eigenvalue weighted by Gasteiger charge is 2.00. The van der Waals surface area contributed by atoms with Crippen molar-refractivity contribution in [1.29, 1.82) is 0 Å². The Kier molecular flexibility index (Phi) is 7.74. The smallest absolute Gasteiger partial charge is 0.108 e. The zero-order valence-corrected chi connectivity index (χ0v) is 12.3. The molecule has 1 aromatic heterocycles. The fraction of sp³-hybridized carbons (Fsp3) is 0.800. The van der Waals surface area contributed by atoms with E-state index in [0.29, 0.717) is 0 Å². The molecule has 0 aliphatic heterocycles. The van der Waals surface area contributed by atoms with Crippen LogP contribution < -0.4 is 5.32 Å². The molecule has 3 nitrogen and oxygen atoms in total. The molecule has 0 aliphatic rings. The van der Waals surface area contributed by atoms with Gasteiger partial charge in [0.05, 0.1) is 0 Å². The van der Waals surface area contributed by atoms with E-state index in [1.807, 2.05) is 6.20 Å². The topological polar surface area (TPSA) is 29.9 Å². The lowest BCUT2D eigenvalue weighted by atomic mass is 10.2. The third kappa shape index (κ3) is 6.20. The van der Waals surface area contributed by atoms with Crippen LogP contribution >= 0.6 is 0 Å². The van der Waals surface area contributed by atoms with E-state index in [-0.39, 0.29) is 0 Å². The maximum Gasteiger partial charge on any atom is 0.108 e. The summed E-state index contributed by atoms with van der Waals surface area (Å²) < 4.78 is 2.31. The molecule has 1 N–H and O–H groups in total. The van der Waals surface area contributed by atoms with Crippen molar-refractivity contribution in [1.82, 2.24) is 14.9 Å². The zero-order chi connectivity index (χ0) is 13.2. The van der Waals surface area contributed by atoms with Gasteiger partial charge in [-0.15, -0.1) is 0 Å². The van der Waals surface area contributed by atoms with Crippen LogP contribution in [0.2, 0.25) is 0 Å². The highest BCUT2D eigenvalue weighted by molar-refractivity contribution is 4.92. The summed E-state index contributed by atoms with van der Waals surface area (Å²) in [6, 6.07) is 0. The minimum atomic E-state index is 0.757. The number of hydrogen-bond acceptors (Lipinski definition) is 2. The Bertz CT molecular complexity index is 304. The summed E-state index contributed by atoms with van der Waals surface area (Å²) in [7, 11) is 0. The van der Waals surface area contributed by atoms with Crippen molar-refractivity contribution in [2.45, 2.75) is 59.4 Å². The van der Waals surface area contributed by atoms with Gasteiger partial charge in [0, 0.05) is 25.4 Å². The Morgan fingerprint density at radius 1 is 1.28 bits per heavy atom. The van der Waals surface area contributed by atoms with Gasteiger partial charge in [-0.3, -0.25) is 0 Å². The molecule has 0 atom stereocenters. The third-order valence-corrected chi connectivity index (χ3v) is 3.08. The van der Waals surface area contributed by atoms with Crippen LogP contribution in [-0.2, 0) is 13.0 Å². The van der Waals surface area contributed by atoms with Crippen LogP contribution in [0.4, 0.5) is 0 Å². The number of imidazole rings is 1. The van der Waals surface area contributed by atoms with Gasteiger partial charge in [-0.25, -0.2) is 4.98 Å². The summed E-state index contributed by atoms with van der Waals surface area (Å²) in [6.45, 7) is 10.1. The molecule has 0 radical (unpaired) electrons. The first-order chi connectivity index (χ1) is 8.74. The van der Waals surface area contributed by atoms with E-state index >= 15 is 0 Å². The van der Waals surface area contributed by atoms with Crippen molar-refractivity contribution in [2.75, 3.05) is 13.1 Å². The van der Waals surface area contributed by atoms with E-state index in [0.717, 1.165) is 32.0 Å². The first-order valence-corrected chi connectivity index (χ1v) is 7.44. The van der Waals surface area contributed by atoms with E-state index in [4.69, 9.17) is 0 Å². The highest BCUT2D eigenvalue weighted by atomic mass is 15.1. The molecule has 0 spiro atoms. The second-order valence-corrected chi connectivity index (χ2v) is 5.45. The summed E-state index contributed by atoms with van der Waals surface area (Å²) >= 11 is 0. The summed E-state index contributed by atoms with van der Waals surface area (Å²) in [4.78, 5) is 4.40. The molecular formula is C15H29N3. The van der Waals surface area contributed by atoms with Gasteiger partial charge in [0.2, 0.25) is 0 Å². The Balaban J connectivity index is 2.05. The number of aromatic nitrogens is 2. The van der Waals surface area contributed by atoms with Crippen LogP contribution in [-0.4, -0.2) is 22.6 Å². The van der Waals surface area contributed by atoms with Crippen molar-refractivity contribution in [3.05, 3.63) is 18.2 Å². The number of hydrogen-bond donors (Lipinski definition) is 1. The van der Waals surface area contributed by atoms with Gasteiger partial charge in [0.15, 0.2) is 0 Å². The maximum absolute atomic E-state index is 4.40. The van der Waals surface area contributed by atoms with Crippen LogP contribution in [0.1, 0.15) is 52.3 Å². The Hall–Kier alpha value is -0.830. The fourth-order valence-electron chi connectivity index (χ4n) is 2.10. The second kappa shape index (κ2) is 9.15. The standard InChI is InChI=1S/C15H29N3/c1-4-8-15-17-10-12-18(15)11-7-5-6-9-16-13-14(2)3/h10,12,14,16H,4-9,11,13H2,1-3H3. The SMILES string of the molecule is CCCc1nccn1CCCCCNCC(C)C. The molecule has 0 aromatic carbocycles. The molecule has 0 aliphatic carbocycles. The van der Waals surface area contributed by atoms with Gasteiger partial charge in [-0.1, -0.05) is 27.2 Å². The van der Waals surface area contributed by atoms with Crippen LogP contribution in [0.3, 0.4) is 0 Å². The molecule has 0 fully saturated rings. The molecule has 1 aromatic rings. The van der Waals surface area contributed by atoms with Crippen LogP contribution in [0.15, 0.2) is 12.4 Å². The molecule has 0 saturated carbocycles. The minimum absolute atomic E-state index is 0.757. The lowest BCUT2D eigenvalue weighted by molar-refractivity contribution is 0.513. The summed E-state index contributed by atoms with van der Waals surface area (Å²) in [5, 5.41) is 3.49. The van der Waals surface area contributed by atoms with Crippen molar-refractivity contribution >= 4 is 0 Å². The monoisotopic (exact) mass is 251 g/mol. The molecule has 0 unspecified atom stereocenters. The molecular weight excluding hydrogens is 222 g/mol. The van der Waals surface area contributed by atoms with Gasteiger partial charge >= 0.3 is 0 Å². The predicted octanol–water partition coefficient (Wildman–Crippen LogP) is 3.25. The average Bonchev–Trinajstić information content (AvgIpc) is 2.76. The lowest BCUT2D eigenvalue weighted by Gasteiger charge is -2.08. The Labute approximate surface area is 112 Å². The largest absolute Gasteiger partial charge is 0.335 e. The van der Waals surface area contributed by atoms with Gasteiger partial charge in [0.1, 0.15) is 5.82 Å². The van der Waals surface area contributed by atoms with Gasteiger partial charge < -0.3 is 9.88 Å². The first kappa shape index (κ1) is 15.2. The van der Waals surface area contributed by atoms with E-state index < -0.39 is 0 Å². The molecule has 0 saturated heterocycles. The molecule has 0 amide bonds. The van der Waals surface area contributed by atoms with E-state index in [2.05, 4.69) is 41.8 Å². The fourth-order valence-corrected chi connectivity index (χ4v) is 2.10. The number of unbranched alkanes of at least 4 members (excludes halogenated alkanes) is 2. The Morgan fingerprint density at radius 2 is 2.11 bits per heavy atom. The van der Waals surface area contributed by atoms with Crippen molar-refractivity contribution < 1.29 is 0 Å². The van der Waals surface area contributed by atoms with Gasteiger partial charge in [0.25, 0.3) is 0 Å². The molecule has 18 heavy (non-hydrogen) atoms. The second-order valence-electron chi connectivity index (χ2n) is 5.45. The van der Waals surface area contributed by atoms with E-state index in [1.54, 1.807) is 0 Å². The number of nitrogens with one attached hydrogen (secondary N) is 1. The van der Waals surface area contributed by atoms with Crippen molar-refractivity contribution in [2.24, 2.45) is 5.92 Å². The number of nitrogens with zero attached hydrogens (tertiary/aromatic N) is 2. The summed E-state index contributed by atoms with van der Waals surface area (Å²) in [5.74, 6) is 2.00. The summed E-state index contributed by atoms with van der Waals surface area (Å²) in [5.41, 5.74) is 0. The Morgan fingerprint density at radius 3 is 2.83 bits per heavy atom. The normalized spacial score (nSPS) is 11.3. The van der Waals surface area contributed by atoms with Gasteiger partial charge in [-0.2, -0.15) is 0 Å². The minimum Gasteiger partial charge on any atom is -0.335 e. The third-order valence-electron chi connectivity index (χ3n) is 3.08. The number of aryl methyl sites for hydroxylation is 2. The average molecular weight is 251 g/mol. The summed E-state index contributed by atoms with van der Waals surface area (Å²) in [6.07, 6.45) is 10.2. The molecule has 1 rings (SSSR count). The van der Waals surface area contributed by atoms with Crippen molar-refractivity contribution in [3.8, 4) is 0 Å². The van der Waals surface area contributed by atoms with Crippen molar-refractivity contribution in [3.63, 3.8) is 0 Å². The first-order valence-electron chi connectivity index (χ1n) is 7.44. The predicted molar refractivity (Wildman–Crippen MR) is 77.8 cm³/mol. The van der Waals surface area contributed by atoms with Crippen LogP contribution in [0.25, 0.3) is 0 Å². The number of rotatable bonds is 10. The quantitative estimate of drug-likeness (QED) is 0.647. The van der Waals surface area contributed by atoms with E-state index in [1.165, 1.54) is 31.5 Å². The van der Waals surface area contributed by atoms with E-state index in [9.17, 15) is 0 Å². The molecule has 3 heteroatoms. The van der Waals surface area contributed by atoms with Crippen LogP contribution in [0.5, 0.6) is 0 Å². The van der Waals surface area contributed by atoms with Gasteiger partial charge in [-0.05, 0) is 38.3 Å². The molecule has 104 valence electrons. The maximum atomic E-state index is 4.40. The molecule has 0 bridgehead atoms. The molecule has 1 heterocycles. The highest BCUT2D eigenvalue weighted by Crippen LogP contribution is 2.05. The van der Waals surface area contributed by atoms with Crippen LogP contribution in [0, 0.1) is 5.92 Å². The lowest BCUT2D eigenvalue weighted by Crippen LogP contribution is -2.20.